The molecule has 90 valence electrons. The van der Waals surface area contributed by atoms with E-state index in [0.29, 0.717) is 11.4 Å². The van der Waals surface area contributed by atoms with E-state index in [9.17, 15) is 4.39 Å². The Labute approximate surface area is 104 Å². The Bertz CT molecular complexity index is 590. The molecule has 0 amide bonds. The number of rotatable bonds is 1. The van der Waals surface area contributed by atoms with Crippen LogP contribution in [0.1, 0.15) is 17.0 Å². The van der Waals surface area contributed by atoms with E-state index in [-0.39, 0.29) is 5.02 Å². The van der Waals surface area contributed by atoms with Crippen LogP contribution in [-0.4, -0.2) is 9.78 Å². The van der Waals surface area contributed by atoms with Crippen molar-refractivity contribution in [2.75, 3.05) is 5.73 Å². The Morgan fingerprint density at radius 3 is 2.47 bits per heavy atom. The molecule has 3 nitrogen and oxygen atoms in total. The van der Waals surface area contributed by atoms with Crippen molar-refractivity contribution in [1.29, 1.82) is 0 Å². The molecule has 1 heterocycles. The van der Waals surface area contributed by atoms with Crippen molar-refractivity contribution in [1.82, 2.24) is 9.78 Å². The van der Waals surface area contributed by atoms with Gasteiger partial charge in [0.25, 0.3) is 0 Å². The topological polar surface area (TPSA) is 43.8 Å². The van der Waals surface area contributed by atoms with E-state index in [1.54, 1.807) is 4.68 Å². The van der Waals surface area contributed by atoms with Gasteiger partial charge in [0.2, 0.25) is 0 Å². The Morgan fingerprint density at radius 1 is 1.29 bits per heavy atom. The molecule has 0 saturated carbocycles. The molecule has 0 saturated heterocycles. The zero-order valence-electron chi connectivity index (χ0n) is 9.88. The van der Waals surface area contributed by atoms with Crippen LogP contribution in [0.25, 0.3) is 5.69 Å². The number of benzene rings is 1. The van der Waals surface area contributed by atoms with Crippen LogP contribution in [0, 0.1) is 26.6 Å². The summed E-state index contributed by atoms with van der Waals surface area (Å²) in [5, 5.41) is 4.41. The maximum Gasteiger partial charge on any atom is 0.143 e. The number of hydrogen-bond acceptors (Lipinski definition) is 2. The smallest absolute Gasteiger partial charge is 0.143 e. The molecule has 17 heavy (non-hydrogen) atoms. The molecular weight excluding hydrogens is 241 g/mol. The van der Waals surface area contributed by atoms with Crippen LogP contribution in [0.3, 0.4) is 0 Å². The third-order valence-electron chi connectivity index (χ3n) is 2.95. The molecule has 2 rings (SSSR count). The van der Waals surface area contributed by atoms with Crippen molar-refractivity contribution < 1.29 is 4.39 Å². The first-order chi connectivity index (χ1) is 7.91. The van der Waals surface area contributed by atoms with Gasteiger partial charge in [-0.15, -0.1) is 0 Å². The fourth-order valence-corrected chi connectivity index (χ4v) is 1.85. The van der Waals surface area contributed by atoms with Crippen molar-refractivity contribution >= 4 is 17.3 Å². The molecule has 0 unspecified atom stereocenters. The quantitative estimate of drug-likeness (QED) is 0.794. The molecule has 0 aliphatic heterocycles. The van der Waals surface area contributed by atoms with Gasteiger partial charge in [0.1, 0.15) is 5.82 Å². The summed E-state index contributed by atoms with van der Waals surface area (Å²) >= 11 is 5.76. The second-order valence-electron chi connectivity index (χ2n) is 4.03. The highest BCUT2D eigenvalue weighted by molar-refractivity contribution is 6.31. The zero-order valence-corrected chi connectivity index (χ0v) is 10.6. The molecule has 2 aromatic rings. The highest BCUT2D eigenvalue weighted by atomic mass is 35.5. The minimum atomic E-state index is -0.522. The van der Waals surface area contributed by atoms with Crippen LogP contribution < -0.4 is 5.73 Å². The van der Waals surface area contributed by atoms with Gasteiger partial charge in [-0.25, -0.2) is 9.07 Å². The first kappa shape index (κ1) is 11.9. The number of nitrogens with zero attached hydrogens (tertiary/aromatic N) is 2. The van der Waals surface area contributed by atoms with E-state index in [1.165, 1.54) is 12.1 Å². The fourth-order valence-electron chi connectivity index (χ4n) is 1.69. The van der Waals surface area contributed by atoms with Crippen LogP contribution in [0.4, 0.5) is 10.1 Å². The lowest BCUT2D eigenvalue weighted by Crippen LogP contribution is -2.04. The number of anilines is 1. The summed E-state index contributed by atoms with van der Waals surface area (Å²) in [7, 11) is 0. The molecule has 0 fully saturated rings. The summed E-state index contributed by atoms with van der Waals surface area (Å²) in [5.74, 6) is -0.522. The predicted octanol–water partition coefficient (Wildman–Crippen LogP) is 3.17. The predicted molar refractivity (Wildman–Crippen MR) is 67.2 cm³/mol. The van der Waals surface area contributed by atoms with E-state index < -0.39 is 5.82 Å². The highest BCUT2D eigenvalue weighted by Crippen LogP contribution is 2.27. The average molecular weight is 254 g/mol. The Hall–Kier alpha value is -1.55. The zero-order chi connectivity index (χ0) is 12.7. The lowest BCUT2D eigenvalue weighted by Gasteiger charge is -2.09. The second kappa shape index (κ2) is 4.04. The van der Waals surface area contributed by atoms with Crippen LogP contribution in [-0.2, 0) is 0 Å². The first-order valence-electron chi connectivity index (χ1n) is 5.19. The SMILES string of the molecule is Cc1nn(-c2cc(Cl)c(F)cc2N)c(C)c1C. The third-order valence-corrected chi connectivity index (χ3v) is 3.24. The number of nitrogens with two attached hydrogens (primary N) is 1. The van der Waals surface area contributed by atoms with Gasteiger partial charge in [0.05, 0.1) is 22.1 Å². The summed E-state index contributed by atoms with van der Waals surface area (Å²) in [5.41, 5.74) is 9.69. The van der Waals surface area contributed by atoms with Crippen molar-refractivity contribution in [2.45, 2.75) is 20.8 Å². The van der Waals surface area contributed by atoms with Gasteiger partial charge >= 0.3 is 0 Å². The number of hydrogen-bond donors (Lipinski definition) is 1. The molecular formula is C12H13ClFN3. The summed E-state index contributed by atoms with van der Waals surface area (Å²) in [6, 6.07) is 2.70. The van der Waals surface area contributed by atoms with Gasteiger partial charge in [0.15, 0.2) is 0 Å². The van der Waals surface area contributed by atoms with Crippen molar-refractivity contribution in [2.24, 2.45) is 0 Å². The van der Waals surface area contributed by atoms with Crippen molar-refractivity contribution in [3.63, 3.8) is 0 Å². The standard InChI is InChI=1S/C12H13ClFN3/c1-6-7(2)16-17(8(6)3)12-4-9(13)10(14)5-11(12)15/h4-5H,15H2,1-3H3. The maximum atomic E-state index is 13.2. The fraction of sp³-hybridized carbons (Fsp3) is 0.250. The van der Waals surface area contributed by atoms with E-state index in [0.717, 1.165) is 17.0 Å². The molecule has 0 radical (unpaired) electrons. The number of aryl methyl sites for hydroxylation is 1. The minimum absolute atomic E-state index is 0.0411. The van der Waals surface area contributed by atoms with Crippen LogP contribution in [0.2, 0.25) is 5.02 Å². The molecule has 0 aliphatic carbocycles. The molecule has 5 heteroatoms. The molecule has 1 aromatic carbocycles. The molecule has 0 bridgehead atoms. The minimum Gasteiger partial charge on any atom is -0.397 e. The van der Waals surface area contributed by atoms with E-state index in [2.05, 4.69) is 5.10 Å². The van der Waals surface area contributed by atoms with Gasteiger partial charge in [0, 0.05) is 11.8 Å². The van der Waals surface area contributed by atoms with Gasteiger partial charge in [-0.05, 0) is 32.4 Å². The van der Waals surface area contributed by atoms with Crippen LogP contribution in [0.5, 0.6) is 0 Å². The van der Waals surface area contributed by atoms with E-state index >= 15 is 0 Å². The maximum absolute atomic E-state index is 13.2. The van der Waals surface area contributed by atoms with Gasteiger partial charge < -0.3 is 5.73 Å². The lowest BCUT2D eigenvalue weighted by atomic mass is 10.2. The Morgan fingerprint density at radius 2 is 1.94 bits per heavy atom. The summed E-state index contributed by atoms with van der Waals surface area (Å²) < 4.78 is 14.9. The normalized spacial score (nSPS) is 10.9. The second-order valence-corrected chi connectivity index (χ2v) is 4.44. The number of aromatic nitrogens is 2. The average Bonchev–Trinajstić information content (AvgIpc) is 2.51. The summed E-state index contributed by atoms with van der Waals surface area (Å²) in [4.78, 5) is 0. The van der Waals surface area contributed by atoms with Gasteiger partial charge in [-0.2, -0.15) is 5.10 Å². The van der Waals surface area contributed by atoms with Crippen molar-refractivity contribution in [3.05, 3.63) is 39.9 Å². The molecule has 0 atom stereocenters. The monoisotopic (exact) mass is 253 g/mol. The Balaban J connectivity index is 2.68. The van der Waals surface area contributed by atoms with Crippen molar-refractivity contribution in [3.8, 4) is 5.69 Å². The largest absolute Gasteiger partial charge is 0.397 e. The van der Waals surface area contributed by atoms with Crippen LogP contribution in [0.15, 0.2) is 12.1 Å². The van der Waals surface area contributed by atoms with Crippen LogP contribution >= 0.6 is 11.6 Å². The van der Waals surface area contributed by atoms with Gasteiger partial charge in [-0.3, -0.25) is 0 Å². The molecule has 2 N–H and O–H groups in total. The highest BCUT2D eigenvalue weighted by Gasteiger charge is 2.13. The molecule has 0 aliphatic rings. The first-order valence-corrected chi connectivity index (χ1v) is 5.57. The van der Waals surface area contributed by atoms with Gasteiger partial charge in [-0.1, -0.05) is 11.6 Å². The Kier molecular flexibility index (Phi) is 2.83. The summed E-state index contributed by atoms with van der Waals surface area (Å²) in [6.45, 7) is 5.83. The third kappa shape index (κ3) is 1.89. The number of nitrogen functional groups attached to an aromatic ring is 1. The van der Waals surface area contributed by atoms with E-state index in [4.69, 9.17) is 17.3 Å². The van der Waals surface area contributed by atoms with E-state index in [1.807, 2.05) is 20.8 Å². The molecule has 0 spiro atoms. The lowest BCUT2D eigenvalue weighted by molar-refractivity contribution is 0.628. The number of halogens is 2. The summed E-state index contributed by atoms with van der Waals surface area (Å²) in [6.07, 6.45) is 0. The molecule has 1 aromatic heterocycles.